The minimum Gasteiger partial charge on any atom is -0.497 e. The van der Waals surface area contributed by atoms with Gasteiger partial charge in [0, 0.05) is 13.1 Å². The van der Waals surface area contributed by atoms with E-state index in [-0.39, 0.29) is 23.0 Å². The number of methoxy groups -OCH3 is 1. The number of nitrogens with zero attached hydrogens (tertiary/aromatic N) is 2. The van der Waals surface area contributed by atoms with Crippen molar-refractivity contribution in [1.82, 2.24) is 10.2 Å². The first-order valence-corrected chi connectivity index (χ1v) is 13.6. The number of nitrogens with one attached hydrogen (secondary N) is 1. The van der Waals surface area contributed by atoms with E-state index in [4.69, 9.17) is 4.74 Å². The van der Waals surface area contributed by atoms with Gasteiger partial charge in [0.05, 0.1) is 17.7 Å². The number of anilines is 1. The molecule has 0 fully saturated rings. The molecule has 0 unspecified atom stereocenters. The van der Waals surface area contributed by atoms with Crippen molar-refractivity contribution < 1.29 is 27.1 Å². The third-order valence-corrected chi connectivity index (χ3v) is 7.72. The maximum absolute atomic E-state index is 13.8. The summed E-state index contributed by atoms with van der Waals surface area (Å²) in [6.07, 6.45) is 0.722. The topological polar surface area (TPSA) is 96.0 Å². The summed E-state index contributed by atoms with van der Waals surface area (Å²) in [4.78, 5) is 27.8. The van der Waals surface area contributed by atoms with E-state index in [2.05, 4.69) is 5.32 Å². The fourth-order valence-corrected chi connectivity index (χ4v) is 5.22. The van der Waals surface area contributed by atoms with E-state index in [0.717, 1.165) is 35.0 Å². The van der Waals surface area contributed by atoms with Crippen LogP contribution in [0.2, 0.25) is 0 Å². The summed E-state index contributed by atoms with van der Waals surface area (Å²) in [5.74, 6) is -0.928. The molecular weight excluding hydrogens is 509 g/mol. The molecule has 3 aromatic carbocycles. The van der Waals surface area contributed by atoms with Gasteiger partial charge in [0.2, 0.25) is 11.8 Å². The van der Waals surface area contributed by atoms with Crippen molar-refractivity contribution in [1.29, 1.82) is 0 Å². The molecular formula is C28H32FN3O5S. The Balaban J connectivity index is 1.99. The van der Waals surface area contributed by atoms with E-state index < -0.39 is 34.3 Å². The first-order chi connectivity index (χ1) is 18.2. The molecule has 10 heteroatoms. The van der Waals surface area contributed by atoms with E-state index in [1.165, 1.54) is 12.0 Å². The predicted molar refractivity (Wildman–Crippen MR) is 144 cm³/mol. The number of hydrogen-bond acceptors (Lipinski definition) is 5. The lowest BCUT2D eigenvalue weighted by Gasteiger charge is -2.32. The van der Waals surface area contributed by atoms with E-state index in [9.17, 15) is 22.4 Å². The SMILES string of the molecule is CCCNC(=O)[C@@H](C)N(Cc1cccc(OC)c1)C(=O)CN(c1ccccc1)S(=O)(=O)c1ccc(F)cc1. The van der Waals surface area contributed by atoms with Gasteiger partial charge in [-0.1, -0.05) is 37.3 Å². The smallest absolute Gasteiger partial charge is 0.264 e. The van der Waals surface area contributed by atoms with Gasteiger partial charge in [-0.3, -0.25) is 13.9 Å². The van der Waals surface area contributed by atoms with Crippen LogP contribution in [0.25, 0.3) is 0 Å². The molecule has 0 saturated carbocycles. The number of halogens is 1. The third kappa shape index (κ3) is 7.10. The second-order valence-corrected chi connectivity index (χ2v) is 10.5. The third-order valence-electron chi connectivity index (χ3n) is 5.93. The Hall–Kier alpha value is -3.92. The summed E-state index contributed by atoms with van der Waals surface area (Å²) in [7, 11) is -2.72. The zero-order chi connectivity index (χ0) is 27.7. The molecule has 1 atom stereocenters. The minimum atomic E-state index is -4.24. The van der Waals surface area contributed by atoms with Crippen molar-refractivity contribution in [3.05, 3.63) is 90.2 Å². The van der Waals surface area contributed by atoms with Crippen molar-refractivity contribution in [2.75, 3.05) is 24.5 Å². The minimum absolute atomic E-state index is 0.0516. The lowest BCUT2D eigenvalue weighted by atomic mass is 10.1. The van der Waals surface area contributed by atoms with Gasteiger partial charge in [-0.15, -0.1) is 0 Å². The quantitative estimate of drug-likeness (QED) is 0.374. The van der Waals surface area contributed by atoms with Gasteiger partial charge in [-0.05, 0) is 67.4 Å². The van der Waals surface area contributed by atoms with Gasteiger partial charge in [0.25, 0.3) is 10.0 Å². The van der Waals surface area contributed by atoms with Gasteiger partial charge in [0.15, 0.2) is 0 Å². The monoisotopic (exact) mass is 541 g/mol. The molecule has 0 aromatic heterocycles. The highest BCUT2D eigenvalue weighted by Gasteiger charge is 2.32. The number of carbonyl (C=O) groups is 2. The Morgan fingerprint density at radius 1 is 1.00 bits per heavy atom. The van der Waals surface area contributed by atoms with Gasteiger partial charge in [-0.2, -0.15) is 0 Å². The molecule has 0 heterocycles. The molecule has 2 amide bonds. The number of carbonyl (C=O) groups excluding carboxylic acids is 2. The van der Waals surface area contributed by atoms with Crippen molar-refractivity contribution in [3.8, 4) is 5.75 Å². The van der Waals surface area contributed by atoms with Crippen LogP contribution in [0, 0.1) is 5.82 Å². The van der Waals surface area contributed by atoms with Crippen LogP contribution in [-0.4, -0.2) is 51.4 Å². The Kier molecular flexibility index (Phi) is 9.84. The van der Waals surface area contributed by atoms with Gasteiger partial charge in [0.1, 0.15) is 24.2 Å². The van der Waals surface area contributed by atoms with Crippen LogP contribution in [0.5, 0.6) is 5.75 Å². The second kappa shape index (κ2) is 13.0. The van der Waals surface area contributed by atoms with E-state index in [1.807, 2.05) is 6.92 Å². The number of amides is 2. The molecule has 0 bridgehead atoms. The standard InChI is InChI=1S/C28H32FN3O5S/c1-4-17-30-28(34)21(2)31(19-22-9-8-12-25(18-22)37-3)27(33)20-32(24-10-6-5-7-11-24)38(35,36)26-15-13-23(29)14-16-26/h5-16,18,21H,4,17,19-20H2,1-3H3,(H,30,34)/t21-/m1/s1. The summed E-state index contributed by atoms with van der Waals surface area (Å²) in [6.45, 7) is 3.45. The van der Waals surface area contributed by atoms with Crippen LogP contribution in [0.4, 0.5) is 10.1 Å². The zero-order valence-corrected chi connectivity index (χ0v) is 22.4. The van der Waals surface area contributed by atoms with E-state index in [1.54, 1.807) is 61.5 Å². The van der Waals surface area contributed by atoms with Gasteiger partial charge in [-0.25, -0.2) is 12.8 Å². The molecule has 3 aromatic rings. The Morgan fingerprint density at radius 2 is 1.68 bits per heavy atom. The number of rotatable bonds is 12. The van der Waals surface area contributed by atoms with Crippen molar-refractivity contribution >= 4 is 27.5 Å². The summed E-state index contributed by atoms with van der Waals surface area (Å²) in [5, 5.41) is 2.80. The van der Waals surface area contributed by atoms with Crippen molar-refractivity contribution in [2.24, 2.45) is 0 Å². The van der Waals surface area contributed by atoms with Gasteiger partial charge >= 0.3 is 0 Å². The fraction of sp³-hybridized carbons (Fsp3) is 0.286. The van der Waals surface area contributed by atoms with Crippen LogP contribution in [0.15, 0.2) is 83.8 Å². The second-order valence-electron chi connectivity index (χ2n) is 8.64. The summed E-state index contributed by atoms with van der Waals surface area (Å²) < 4.78 is 47.0. The van der Waals surface area contributed by atoms with Crippen LogP contribution in [0.1, 0.15) is 25.8 Å². The van der Waals surface area contributed by atoms with Crippen LogP contribution in [-0.2, 0) is 26.2 Å². The molecule has 0 saturated heterocycles. The zero-order valence-electron chi connectivity index (χ0n) is 21.6. The molecule has 8 nitrogen and oxygen atoms in total. The van der Waals surface area contributed by atoms with E-state index in [0.29, 0.717) is 17.9 Å². The van der Waals surface area contributed by atoms with Crippen LogP contribution < -0.4 is 14.4 Å². The average molecular weight is 542 g/mol. The summed E-state index contributed by atoms with van der Waals surface area (Å²) in [6, 6.07) is 18.8. The molecule has 0 radical (unpaired) electrons. The number of sulfonamides is 1. The number of ether oxygens (including phenoxy) is 1. The van der Waals surface area contributed by atoms with Crippen LogP contribution in [0.3, 0.4) is 0 Å². The largest absolute Gasteiger partial charge is 0.497 e. The van der Waals surface area contributed by atoms with Crippen LogP contribution >= 0.6 is 0 Å². The molecule has 202 valence electrons. The summed E-state index contributed by atoms with van der Waals surface area (Å²) in [5.41, 5.74) is 0.968. The lowest BCUT2D eigenvalue weighted by Crippen LogP contribution is -2.51. The average Bonchev–Trinajstić information content (AvgIpc) is 2.93. The highest BCUT2D eigenvalue weighted by molar-refractivity contribution is 7.92. The molecule has 0 aliphatic carbocycles. The Labute approximate surface area is 223 Å². The van der Waals surface area contributed by atoms with Crippen molar-refractivity contribution in [3.63, 3.8) is 0 Å². The normalized spacial score (nSPS) is 11.9. The maximum atomic E-state index is 13.8. The first-order valence-electron chi connectivity index (χ1n) is 12.2. The molecule has 38 heavy (non-hydrogen) atoms. The Morgan fingerprint density at radius 3 is 2.32 bits per heavy atom. The number of para-hydroxylation sites is 1. The lowest BCUT2D eigenvalue weighted by molar-refractivity contribution is -0.139. The molecule has 1 N–H and O–H groups in total. The number of hydrogen-bond donors (Lipinski definition) is 1. The Bertz CT molecular complexity index is 1330. The number of benzene rings is 3. The molecule has 3 rings (SSSR count). The first kappa shape index (κ1) is 28.6. The fourth-order valence-electron chi connectivity index (χ4n) is 3.80. The highest BCUT2D eigenvalue weighted by Crippen LogP contribution is 2.25. The maximum Gasteiger partial charge on any atom is 0.264 e. The summed E-state index contributed by atoms with van der Waals surface area (Å²) >= 11 is 0. The molecule has 0 aliphatic rings. The van der Waals surface area contributed by atoms with Crippen molar-refractivity contribution in [2.45, 2.75) is 37.8 Å². The molecule has 0 spiro atoms. The predicted octanol–water partition coefficient (Wildman–Crippen LogP) is 3.97. The highest BCUT2D eigenvalue weighted by atomic mass is 32.2. The van der Waals surface area contributed by atoms with E-state index >= 15 is 0 Å². The molecule has 0 aliphatic heterocycles. The van der Waals surface area contributed by atoms with Gasteiger partial charge < -0.3 is 15.0 Å².